The van der Waals surface area contributed by atoms with Crippen molar-refractivity contribution in [2.45, 2.75) is 33.7 Å². The van der Waals surface area contributed by atoms with Gasteiger partial charge in [0.2, 0.25) is 5.91 Å². The summed E-state index contributed by atoms with van der Waals surface area (Å²) in [7, 11) is 0. The van der Waals surface area contributed by atoms with Gasteiger partial charge in [0, 0.05) is 30.6 Å². The van der Waals surface area contributed by atoms with Crippen molar-refractivity contribution in [2.24, 2.45) is 0 Å². The van der Waals surface area contributed by atoms with Gasteiger partial charge in [0.1, 0.15) is 6.61 Å². The van der Waals surface area contributed by atoms with Crippen LogP contribution in [0.2, 0.25) is 0 Å². The first kappa shape index (κ1) is 15.5. The Morgan fingerprint density at radius 1 is 1.26 bits per heavy atom. The lowest BCUT2D eigenvalue weighted by Crippen LogP contribution is -2.30. The van der Waals surface area contributed by atoms with Gasteiger partial charge < -0.3 is 15.0 Å². The molecule has 0 radical (unpaired) electrons. The molecule has 1 N–H and O–H groups in total. The molecular formula is C15H24N2O2. The molecule has 0 aliphatic heterocycles. The summed E-state index contributed by atoms with van der Waals surface area (Å²) >= 11 is 0. The van der Waals surface area contributed by atoms with Crippen molar-refractivity contribution in [3.05, 3.63) is 24.3 Å². The molecule has 0 saturated heterocycles. The van der Waals surface area contributed by atoms with Crippen molar-refractivity contribution in [3.8, 4) is 0 Å². The van der Waals surface area contributed by atoms with Crippen LogP contribution in [0.4, 0.5) is 11.4 Å². The summed E-state index contributed by atoms with van der Waals surface area (Å²) in [4.78, 5) is 13.8. The predicted molar refractivity (Wildman–Crippen MR) is 79.7 cm³/mol. The van der Waals surface area contributed by atoms with E-state index in [2.05, 4.69) is 31.0 Å². The van der Waals surface area contributed by atoms with Crippen LogP contribution in [-0.4, -0.2) is 31.7 Å². The summed E-state index contributed by atoms with van der Waals surface area (Å²) in [6, 6.07) is 8.36. The number of nitrogens with zero attached hydrogens (tertiary/aromatic N) is 1. The second-order valence-corrected chi connectivity index (χ2v) is 4.61. The number of amides is 1. The minimum atomic E-state index is -0.120. The maximum atomic E-state index is 11.5. The van der Waals surface area contributed by atoms with E-state index in [-0.39, 0.29) is 12.5 Å². The van der Waals surface area contributed by atoms with E-state index >= 15 is 0 Å². The molecule has 0 saturated carbocycles. The molecule has 0 unspecified atom stereocenters. The first-order chi connectivity index (χ1) is 9.08. The van der Waals surface area contributed by atoms with E-state index in [1.54, 1.807) is 0 Å². The van der Waals surface area contributed by atoms with Crippen molar-refractivity contribution in [1.82, 2.24) is 0 Å². The van der Waals surface area contributed by atoms with Crippen LogP contribution in [0.1, 0.15) is 27.7 Å². The molecule has 1 rings (SSSR count). The van der Waals surface area contributed by atoms with E-state index in [1.165, 1.54) is 5.69 Å². The van der Waals surface area contributed by atoms with Gasteiger partial charge in [0.05, 0.1) is 0 Å². The Hall–Kier alpha value is -1.55. The summed E-state index contributed by atoms with van der Waals surface area (Å²) in [5.41, 5.74) is 1.97. The summed E-state index contributed by atoms with van der Waals surface area (Å²) in [6.07, 6.45) is 0. The summed E-state index contributed by atoms with van der Waals surface area (Å²) in [6.45, 7) is 9.96. The molecule has 4 nitrogen and oxygen atoms in total. The maximum absolute atomic E-state index is 11.5. The van der Waals surface area contributed by atoms with Crippen molar-refractivity contribution in [2.75, 3.05) is 30.0 Å². The first-order valence-electron chi connectivity index (χ1n) is 6.82. The lowest BCUT2D eigenvalue weighted by atomic mass is 10.2. The van der Waals surface area contributed by atoms with Crippen LogP contribution in [0.5, 0.6) is 0 Å². The third-order valence-corrected chi connectivity index (χ3v) is 2.88. The lowest BCUT2D eigenvalue weighted by molar-refractivity contribution is -0.120. The normalized spacial score (nSPS) is 10.6. The van der Waals surface area contributed by atoms with Gasteiger partial charge in [-0.2, -0.15) is 0 Å². The van der Waals surface area contributed by atoms with Gasteiger partial charge in [-0.05, 0) is 52.0 Å². The average molecular weight is 264 g/mol. The molecule has 19 heavy (non-hydrogen) atoms. The Morgan fingerprint density at radius 3 is 2.37 bits per heavy atom. The van der Waals surface area contributed by atoms with E-state index in [0.717, 1.165) is 12.2 Å². The number of ether oxygens (including phenoxy) is 1. The molecule has 0 aromatic heterocycles. The molecule has 106 valence electrons. The van der Waals surface area contributed by atoms with Gasteiger partial charge >= 0.3 is 0 Å². The Labute approximate surface area is 115 Å². The summed E-state index contributed by atoms with van der Waals surface area (Å²) in [5, 5.41) is 2.81. The van der Waals surface area contributed by atoms with Crippen LogP contribution < -0.4 is 10.2 Å². The van der Waals surface area contributed by atoms with Crippen LogP contribution in [-0.2, 0) is 9.53 Å². The monoisotopic (exact) mass is 264 g/mol. The highest BCUT2D eigenvalue weighted by atomic mass is 16.5. The van der Waals surface area contributed by atoms with E-state index in [1.807, 2.05) is 31.2 Å². The van der Waals surface area contributed by atoms with Crippen molar-refractivity contribution in [1.29, 1.82) is 0 Å². The summed E-state index contributed by atoms with van der Waals surface area (Å²) in [5.74, 6) is -0.120. The molecule has 0 spiro atoms. The zero-order chi connectivity index (χ0) is 14.3. The average Bonchev–Trinajstić information content (AvgIpc) is 2.39. The third-order valence-electron chi connectivity index (χ3n) is 2.88. The topological polar surface area (TPSA) is 41.6 Å². The van der Waals surface area contributed by atoms with Crippen LogP contribution >= 0.6 is 0 Å². The van der Waals surface area contributed by atoms with Gasteiger partial charge in [-0.3, -0.25) is 4.79 Å². The minimum Gasteiger partial charge on any atom is -0.372 e. The number of anilines is 2. The number of hydrogen-bond acceptors (Lipinski definition) is 3. The molecule has 1 aromatic carbocycles. The fraction of sp³-hybridized carbons (Fsp3) is 0.533. The number of benzene rings is 1. The largest absolute Gasteiger partial charge is 0.372 e. The fourth-order valence-electron chi connectivity index (χ4n) is 1.97. The Morgan fingerprint density at radius 2 is 1.89 bits per heavy atom. The number of carbonyl (C=O) groups excluding carboxylic acids is 1. The molecule has 0 aliphatic carbocycles. The van der Waals surface area contributed by atoms with E-state index < -0.39 is 0 Å². The third kappa shape index (κ3) is 4.91. The second kappa shape index (κ2) is 7.79. The Kier molecular flexibility index (Phi) is 6.36. The molecule has 0 aliphatic rings. The Balaban J connectivity index is 2.63. The van der Waals surface area contributed by atoms with Crippen LogP contribution in [0.25, 0.3) is 0 Å². The van der Waals surface area contributed by atoms with E-state index in [4.69, 9.17) is 4.74 Å². The molecule has 0 fully saturated rings. The smallest absolute Gasteiger partial charge is 0.250 e. The molecule has 1 amide bonds. The zero-order valence-electron chi connectivity index (χ0n) is 12.3. The highest BCUT2D eigenvalue weighted by Gasteiger charge is 2.08. The second-order valence-electron chi connectivity index (χ2n) is 4.61. The summed E-state index contributed by atoms with van der Waals surface area (Å²) < 4.78 is 5.06. The van der Waals surface area contributed by atoms with Crippen LogP contribution in [0, 0.1) is 0 Å². The quantitative estimate of drug-likeness (QED) is 0.823. The van der Waals surface area contributed by atoms with Gasteiger partial charge in [-0.15, -0.1) is 0 Å². The highest BCUT2D eigenvalue weighted by molar-refractivity contribution is 5.91. The predicted octanol–water partition coefficient (Wildman–Crippen LogP) is 2.90. The molecule has 1 aromatic rings. The van der Waals surface area contributed by atoms with Gasteiger partial charge in [0.25, 0.3) is 0 Å². The lowest BCUT2D eigenvalue weighted by Gasteiger charge is -2.27. The molecule has 0 heterocycles. The number of rotatable bonds is 7. The Bertz CT molecular complexity index is 388. The number of nitrogens with one attached hydrogen (secondary N) is 1. The van der Waals surface area contributed by atoms with Crippen molar-refractivity contribution >= 4 is 17.3 Å². The van der Waals surface area contributed by atoms with Crippen LogP contribution in [0.3, 0.4) is 0 Å². The first-order valence-corrected chi connectivity index (χ1v) is 6.82. The minimum absolute atomic E-state index is 0.103. The maximum Gasteiger partial charge on any atom is 0.250 e. The van der Waals surface area contributed by atoms with Crippen molar-refractivity contribution < 1.29 is 9.53 Å². The molecule has 4 heteroatoms. The number of hydrogen-bond donors (Lipinski definition) is 1. The SMILES string of the molecule is CCOCC(=O)Nc1ccc(N(CC)C(C)C)cc1. The molecular weight excluding hydrogens is 240 g/mol. The van der Waals surface area contributed by atoms with Gasteiger partial charge in [-0.1, -0.05) is 0 Å². The van der Waals surface area contributed by atoms with E-state index in [0.29, 0.717) is 12.6 Å². The van der Waals surface area contributed by atoms with Gasteiger partial charge in [0.15, 0.2) is 0 Å². The fourth-order valence-corrected chi connectivity index (χ4v) is 1.97. The van der Waals surface area contributed by atoms with Gasteiger partial charge in [-0.25, -0.2) is 0 Å². The van der Waals surface area contributed by atoms with Crippen LogP contribution in [0.15, 0.2) is 24.3 Å². The molecule has 0 bridgehead atoms. The molecule has 0 atom stereocenters. The van der Waals surface area contributed by atoms with Crippen molar-refractivity contribution in [3.63, 3.8) is 0 Å². The highest BCUT2D eigenvalue weighted by Crippen LogP contribution is 2.19. The number of carbonyl (C=O) groups is 1. The standard InChI is InChI=1S/C15H24N2O2/c1-5-17(12(3)4)14-9-7-13(8-10-14)16-15(18)11-19-6-2/h7-10,12H,5-6,11H2,1-4H3,(H,16,18). The zero-order valence-corrected chi connectivity index (χ0v) is 12.3. The van der Waals surface area contributed by atoms with E-state index in [9.17, 15) is 4.79 Å².